The summed E-state index contributed by atoms with van der Waals surface area (Å²) in [4.78, 5) is 14.9. The van der Waals surface area contributed by atoms with Crippen molar-refractivity contribution in [2.75, 3.05) is 13.2 Å². The maximum absolute atomic E-state index is 11.1. The van der Waals surface area contributed by atoms with Gasteiger partial charge in [-0.05, 0) is 6.42 Å². The molecule has 0 bridgehead atoms. The van der Waals surface area contributed by atoms with Crippen LogP contribution in [0.25, 0.3) is 0 Å². The molecular weight excluding hydrogens is 186 g/mol. The normalized spacial score (nSPS) is 26.6. The zero-order chi connectivity index (χ0) is 10.0. The van der Waals surface area contributed by atoms with Gasteiger partial charge in [0.1, 0.15) is 18.1 Å². The Morgan fingerprint density at radius 2 is 2.57 bits per heavy atom. The zero-order valence-corrected chi connectivity index (χ0v) is 7.59. The summed E-state index contributed by atoms with van der Waals surface area (Å²) < 4.78 is 6.66. The first-order valence-corrected chi connectivity index (χ1v) is 4.36. The Hall–Kier alpha value is -1.43. The van der Waals surface area contributed by atoms with E-state index < -0.39 is 11.4 Å². The molecular formula is C8H11N3O3. The lowest BCUT2D eigenvalue weighted by Crippen LogP contribution is -2.36. The molecule has 1 aliphatic heterocycles. The molecule has 76 valence electrons. The molecule has 6 nitrogen and oxygen atoms in total. The number of aliphatic carboxylic acids is 1. The van der Waals surface area contributed by atoms with Crippen molar-refractivity contribution in [2.24, 2.45) is 5.41 Å². The van der Waals surface area contributed by atoms with Crippen LogP contribution >= 0.6 is 0 Å². The molecule has 0 aliphatic carbocycles. The summed E-state index contributed by atoms with van der Waals surface area (Å²) in [7, 11) is 0. The van der Waals surface area contributed by atoms with E-state index in [-0.39, 0.29) is 6.61 Å². The quantitative estimate of drug-likeness (QED) is 0.724. The first kappa shape index (κ1) is 9.14. The number of rotatable bonds is 3. The Morgan fingerprint density at radius 3 is 3.07 bits per heavy atom. The predicted octanol–water partition coefficient (Wildman–Crippen LogP) is -0.231. The number of carbonyl (C=O) groups is 1. The van der Waals surface area contributed by atoms with Crippen LogP contribution in [-0.4, -0.2) is 39.1 Å². The van der Waals surface area contributed by atoms with E-state index in [2.05, 4.69) is 10.1 Å². The van der Waals surface area contributed by atoms with Gasteiger partial charge in [-0.1, -0.05) is 0 Å². The number of carboxylic acids is 1. The lowest BCUT2D eigenvalue weighted by molar-refractivity contribution is -0.150. The highest BCUT2D eigenvalue weighted by atomic mass is 16.5. The van der Waals surface area contributed by atoms with E-state index in [1.165, 1.54) is 17.3 Å². The van der Waals surface area contributed by atoms with Gasteiger partial charge >= 0.3 is 5.97 Å². The van der Waals surface area contributed by atoms with Crippen LogP contribution in [-0.2, 0) is 16.1 Å². The monoisotopic (exact) mass is 197 g/mol. The highest BCUT2D eigenvalue weighted by Gasteiger charge is 2.43. The third-order valence-corrected chi connectivity index (χ3v) is 2.49. The van der Waals surface area contributed by atoms with Crippen molar-refractivity contribution in [1.29, 1.82) is 0 Å². The van der Waals surface area contributed by atoms with Crippen molar-refractivity contribution in [1.82, 2.24) is 14.8 Å². The van der Waals surface area contributed by atoms with Crippen LogP contribution < -0.4 is 0 Å². The molecule has 0 aromatic carbocycles. The largest absolute Gasteiger partial charge is 0.481 e. The average Bonchev–Trinajstić information content (AvgIpc) is 2.76. The van der Waals surface area contributed by atoms with Crippen LogP contribution in [0, 0.1) is 5.41 Å². The second kappa shape index (κ2) is 3.38. The number of hydrogen-bond acceptors (Lipinski definition) is 4. The molecule has 1 atom stereocenters. The molecule has 1 aromatic rings. The molecule has 0 saturated carbocycles. The maximum Gasteiger partial charge on any atom is 0.313 e. The molecule has 1 fully saturated rings. The van der Waals surface area contributed by atoms with Crippen molar-refractivity contribution in [3.63, 3.8) is 0 Å². The Kier molecular flexibility index (Phi) is 2.20. The van der Waals surface area contributed by atoms with Crippen LogP contribution in [0.5, 0.6) is 0 Å². The summed E-state index contributed by atoms with van der Waals surface area (Å²) in [6.07, 6.45) is 3.44. The summed E-state index contributed by atoms with van der Waals surface area (Å²) in [5.41, 5.74) is -0.826. The topological polar surface area (TPSA) is 77.2 Å². The van der Waals surface area contributed by atoms with Gasteiger partial charge < -0.3 is 9.84 Å². The van der Waals surface area contributed by atoms with Gasteiger partial charge in [-0.25, -0.2) is 4.98 Å². The number of carboxylic acid groups (broad SMARTS) is 1. The summed E-state index contributed by atoms with van der Waals surface area (Å²) in [5.74, 6) is -0.828. The fourth-order valence-electron chi connectivity index (χ4n) is 1.59. The molecule has 2 heterocycles. The van der Waals surface area contributed by atoms with Gasteiger partial charge in [-0.3, -0.25) is 9.48 Å². The van der Waals surface area contributed by atoms with E-state index in [0.29, 0.717) is 19.6 Å². The lowest BCUT2D eigenvalue weighted by atomic mass is 9.87. The molecule has 1 aromatic heterocycles. The van der Waals surface area contributed by atoms with E-state index in [4.69, 9.17) is 9.84 Å². The van der Waals surface area contributed by atoms with Crippen molar-refractivity contribution in [3.8, 4) is 0 Å². The van der Waals surface area contributed by atoms with Crippen LogP contribution in [0.1, 0.15) is 6.42 Å². The van der Waals surface area contributed by atoms with Crippen molar-refractivity contribution in [2.45, 2.75) is 13.0 Å². The molecule has 1 unspecified atom stereocenters. The molecule has 0 radical (unpaired) electrons. The maximum atomic E-state index is 11.1. The fourth-order valence-corrected chi connectivity index (χ4v) is 1.59. The van der Waals surface area contributed by atoms with Gasteiger partial charge in [0.05, 0.1) is 13.2 Å². The Labute approximate surface area is 80.5 Å². The Balaban J connectivity index is 2.16. The van der Waals surface area contributed by atoms with Gasteiger partial charge in [0.15, 0.2) is 0 Å². The number of aromatic nitrogens is 3. The first-order chi connectivity index (χ1) is 6.73. The molecule has 1 saturated heterocycles. The average molecular weight is 197 g/mol. The van der Waals surface area contributed by atoms with Crippen LogP contribution in [0.3, 0.4) is 0 Å². The first-order valence-electron chi connectivity index (χ1n) is 4.36. The van der Waals surface area contributed by atoms with E-state index in [0.717, 1.165) is 0 Å². The molecule has 14 heavy (non-hydrogen) atoms. The second-order valence-electron chi connectivity index (χ2n) is 3.48. The molecule has 0 amide bonds. The lowest BCUT2D eigenvalue weighted by Gasteiger charge is -2.21. The Bertz CT molecular complexity index is 317. The number of ether oxygens (including phenoxy) is 1. The van der Waals surface area contributed by atoms with Gasteiger partial charge in [-0.2, -0.15) is 5.10 Å². The SMILES string of the molecule is O=C(O)C1(Cn2cncn2)CCOC1. The Morgan fingerprint density at radius 1 is 1.71 bits per heavy atom. The minimum atomic E-state index is -0.828. The molecule has 1 N–H and O–H groups in total. The highest BCUT2D eigenvalue weighted by molar-refractivity contribution is 5.75. The van der Waals surface area contributed by atoms with E-state index in [1.54, 1.807) is 0 Å². The predicted molar refractivity (Wildman–Crippen MR) is 45.5 cm³/mol. The van der Waals surface area contributed by atoms with Crippen LogP contribution in [0.4, 0.5) is 0 Å². The smallest absolute Gasteiger partial charge is 0.313 e. The van der Waals surface area contributed by atoms with Crippen LogP contribution in [0.15, 0.2) is 12.7 Å². The van der Waals surface area contributed by atoms with Crippen molar-refractivity contribution >= 4 is 5.97 Å². The third kappa shape index (κ3) is 1.48. The van der Waals surface area contributed by atoms with E-state index in [1.807, 2.05) is 0 Å². The molecule has 2 rings (SSSR count). The summed E-state index contributed by atoms with van der Waals surface area (Å²) in [5, 5.41) is 13.0. The van der Waals surface area contributed by atoms with Crippen molar-refractivity contribution in [3.05, 3.63) is 12.7 Å². The molecule has 0 spiro atoms. The third-order valence-electron chi connectivity index (χ3n) is 2.49. The minimum absolute atomic E-state index is 0.252. The highest BCUT2D eigenvalue weighted by Crippen LogP contribution is 2.30. The number of hydrogen-bond donors (Lipinski definition) is 1. The second-order valence-corrected chi connectivity index (χ2v) is 3.48. The zero-order valence-electron chi connectivity index (χ0n) is 7.59. The molecule has 1 aliphatic rings. The molecule has 6 heteroatoms. The fraction of sp³-hybridized carbons (Fsp3) is 0.625. The number of nitrogens with zero attached hydrogens (tertiary/aromatic N) is 3. The van der Waals surface area contributed by atoms with Crippen LogP contribution in [0.2, 0.25) is 0 Å². The van der Waals surface area contributed by atoms with Gasteiger partial charge in [-0.15, -0.1) is 0 Å². The standard InChI is InChI=1S/C8H11N3O3/c12-7(13)8(1-2-14-4-8)3-11-6-9-5-10-11/h5-6H,1-4H2,(H,12,13). The van der Waals surface area contributed by atoms with E-state index in [9.17, 15) is 4.79 Å². The summed E-state index contributed by atoms with van der Waals surface area (Å²) in [6, 6.07) is 0. The van der Waals surface area contributed by atoms with Crippen molar-refractivity contribution < 1.29 is 14.6 Å². The minimum Gasteiger partial charge on any atom is -0.481 e. The summed E-state index contributed by atoms with van der Waals surface area (Å²) in [6.45, 7) is 1.07. The van der Waals surface area contributed by atoms with E-state index >= 15 is 0 Å². The van der Waals surface area contributed by atoms with Gasteiger partial charge in [0.25, 0.3) is 0 Å². The van der Waals surface area contributed by atoms with Gasteiger partial charge in [0, 0.05) is 6.61 Å². The van der Waals surface area contributed by atoms with Gasteiger partial charge in [0.2, 0.25) is 0 Å². The summed E-state index contributed by atoms with van der Waals surface area (Å²) >= 11 is 0.